The second kappa shape index (κ2) is 6.11. The zero-order chi connectivity index (χ0) is 15.6. The molecule has 1 amide bonds. The summed E-state index contributed by atoms with van der Waals surface area (Å²) in [6, 6.07) is 0.0976. The lowest BCUT2D eigenvalue weighted by Gasteiger charge is -2.41. The predicted octanol–water partition coefficient (Wildman–Crippen LogP) is 0.215. The Bertz CT molecular complexity index is 494. The second-order valence-electron chi connectivity index (χ2n) is 6.31. The van der Waals surface area contributed by atoms with Crippen molar-refractivity contribution in [2.24, 2.45) is 0 Å². The molecule has 0 bridgehead atoms. The molecular weight excluding hydrogens is 270 g/mol. The number of amides is 1. The van der Waals surface area contributed by atoms with E-state index in [1.54, 1.807) is 13.8 Å². The molecule has 1 atom stereocenters. The van der Waals surface area contributed by atoms with Crippen LogP contribution in [0, 0.1) is 0 Å². The lowest BCUT2D eigenvalue weighted by atomic mass is 10.1. The van der Waals surface area contributed by atoms with Crippen LogP contribution in [0.5, 0.6) is 0 Å². The van der Waals surface area contributed by atoms with Crippen LogP contribution in [0.1, 0.15) is 38.2 Å². The van der Waals surface area contributed by atoms with Crippen molar-refractivity contribution < 1.29 is 9.90 Å². The van der Waals surface area contributed by atoms with Gasteiger partial charge < -0.3 is 10.0 Å². The monoisotopic (exact) mass is 295 g/mol. The third-order valence-corrected chi connectivity index (χ3v) is 3.62. The molecule has 21 heavy (non-hydrogen) atoms. The predicted molar refractivity (Wildman–Crippen MR) is 78.9 cm³/mol. The van der Waals surface area contributed by atoms with Gasteiger partial charge in [0.05, 0.1) is 18.3 Å². The van der Waals surface area contributed by atoms with Crippen LogP contribution in [0.15, 0.2) is 6.20 Å². The number of hydrogen-bond acceptors (Lipinski definition) is 5. The number of nitrogens with zero attached hydrogens (tertiary/aromatic N) is 5. The number of carbonyl (C=O) groups excluding carboxylic acids is 1. The van der Waals surface area contributed by atoms with E-state index in [2.05, 4.69) is 15.1 Å². The number of aliphatic hydroxyl groups is 1. The highest BCUT2D eigenvalue weighted by atomic mass is 16.3. The third kappa shape index (κ3) is 4.01. The Hall–Kier alpha value is -1.47. The Balaban J connectivity index is 1.98. The molecule has 2 heterocycles. The molecule has 0 radical (unpaired) electrons. The fourth-order valence-electron chi connectivity index (χ4n) is 2.72. The van der Waals surface area contributed by atoms with Gasteiger partial charge in [0.1, 0.15) is 0 Å². The highest BCUT2D eigenvalue weighted by Gasteiger charge is 2.31. The molecule has 1 aliphatic heterocycles. The number of aromatic nitrogens is 3. The van der Waals surface area contributed by atoms with Crippen LogP contribution in [-0.4, -0.2) is 73.6 Å². The number of aryl methyl sites for hydroxylation is 1. The average molecular weight is 295 g/mol. The first-order valence-electron chi connectivity index (χ1n) is 7.46. The van der Waals surface area contributed by atoms with Gasteiger partial charge in [-0.15, -0.1) is 5.10 Å². The van der Waals surface area contributed by atoms with Crippen molar-refractivity contribution in [1.29, 1.82) is 0 Å². The average Bonchev–Trinajstić information content (AvgIpc) is 2.85. The summed E-state index contributed by atoms with van der Waals surface area (Å²) in [6.07, 6.45) is 1.53. The van der Waals surface area contributed by atoms with E-state index < -0.39 is 5.60 Å². The molecule has 1 fully saturated rings. The molecule has 0 aliphatic carbocycles. The largest absolute Gasteiger partial charge is 0.389 e. The number of β-amino-alcohol motifs (C(OH)–C–C–N with tert-alkyl or cyclic N) is 1. The zero-order valence-electron chi connectivity index (χ0n) is 13.3. The van der Waals surface area contributed by atoms with Crippen molar-refractivity contribution in [2.45, 2.75) is 45.9 Å². The number of rotatable bonds is 4. The molecule has 1 aromatic rings. The summed E-state index contributed by atoms with van der Waals surface area (Å²) >= 11 is 0. The van der Waals surface area contributed by atoms with Gasteiger partial charge in [-0.1, -0.05) is 0 Å². The van der Waals surface area contributed by atoms with Crippen molar-refractivity contribution in [3.05, 3.63) is 11.9 Å². The summed E-state index contributed by atoms with van der Waals surface area (Å²) in [7, 11) is 0. The minimum Gasteiger partial charge on any atom is -0.389 e. The van der Waals surface area contributed by atoms with Gasteiger partial charge in [0.15, 0.2) is 5.69 Å². The topological polar surface area (TPSA) is 74.5 Å². The van der Waals surface area contributed by atoms with Crippen molar-refractivity contribution >= 4 is 5.91 Å². The highest BCUT2D eigenvalue weighted by Crippen LogP contribution is 2.15. The van der Waals surface area contributed by atoms with Crippen molar-refractivity contribution in [3.8, 4) is 0 Å². The van der Waals surface area contributed by atoms with Gasteiger partial charge in [0.2, 0.25) is 0 Å². The molecular formula is C14H25N5O2. The van der Waals surface area contributed by atoms with E-state index in [-0.39, 0.29) is 11.9 Å². The van der Waals surface area contributed by atoms with E-state index in [9.17, 15) is 9.90 Å². The summed E-state index contributed by atoms with van der Waals surface area (Å²) in [4.78, 5) is 18.0. The lowest BCUT2D eigenvalue weighted by Crippen LogP contribution is -2.56. The SMILES string of the molecule is CCn1ncc(C(=O)N2CCN(CC(C)(C)O)CC2C)n1. The van der Waals surface area contributed by atoms with Crippen LogP contribution in [0.3, 0.4) is 0 Å². The summed E-state index contributed by atoms with van der Waals surface area (Å²) in [6.45, 7) is 11.0. The van der Waals surface area contributed by atoms with E-state index in [0.29, 0.717) is 25.3 Å². The van der Waals surface area contributed by atoms with Gasteiger partial charge in [-0.3, -0.25) is 9.69 Å². The standard InChI is InChI=1S/C14H25N5O2/c1-5-19-15-8-12(16-19)13(20)18-7-6-17(9-11(18)2)10-14(3,4)21/h8,11,21H,5-7,9-10H2,1-4H3. The molecule has 0 aromatic carbocycles. The molecule has 0 saturated carbocycles. The summed E-state index contributed by atoms with van der Waals surface area (Å²) in [5.41, 5.74) is -0.310. The van der Waals surface area contributed by atoms with Crippen LogP contribution in [0.25, 0.3) is 0 Å². The smallest absolute Gasteiger partial charge is 0.276 e. The minimum absolute atomic E-state index is 0.0647. The second-order valence-corrected chi connectivity index (χ2v) is 6.31. The molecule has 118 valence electrons. The van der Waals surface area contributed by atoms with Crippen LogP contribution >= 0.6 is 0 Å². The lowest BCUT2D eigenvalue weighted by molar-refractivity contribution is 0.00559. The third-order valence-electron chi connectivity index (χ3n) is 3.62. The zero-order valence-corrected chi connectivity index (χ0v) is 13.3. The first kappa shape index (κ1) is 15.9. The molecule has 2 rings (SSSR count). The molecule has 7 heteroatoms. The number of piperazine rings is 1. The van der Waals surface area contributed by atoms with Crippen molar-refractivity contribution in [1.82, 2.24) is 24.8 Å². The molecule has 1 aliphatic rings. The van der Waals surface area contributed by atoms with Gasteiger partial charge >= 0.3 is 0 Å². The maximum Gasteiger partial charge on any atom is 0.276 e. The fraction of sp³-hybridized carbons (Fsp3) is 0.786. The molecule has 0 spiro atoms. The van der Waals surface area contributed by atoms with Gasteiger partial charge in [-0.2, -0.15) is 9.90 Å². The molecule has 1 aromatic heterocycles. The first-order valence-corrected chi connectivity index (χ1v) is 7.46. The van der Waals surface area contributed by atoms with E-state index in [0.717, 1.165) is 13.1 Å². The summed E-state index contributed by atoms with van der Waals surface area (Å²) < 4.78 is 0. The van der Waals surface area contributed by atoms with Crippen LogP contribution < -0.4 is 0 Å². The normalized spacial score (nSPS) is 20.8. The van der Waals surface area contributed by atoms with Gasteiger partial charge in [-0.25, -0.2) is 0 Å². The number of hydrogen-bond donors (Lipinski definition) is 1. The van der Waals surface area contributed by atoms with Gasteiger partial charge in [0.25, 0.3) is 5.91 Å². The first-order chi connectivity index (χ1) is 9.80. The summed E-state index contributed by atoms with van der Waals surface area (Å²) in [5, 5.41) is 18.1. The molecule has 1 unspecified atom stereocenters. The quantitative estimate of drug-likeness (QED) is 0.860. The maximum atomic E-state index is 12.5. The minimum atomic E-state index is -0.713. The highest BCUT2D eigenvalue weighted by molar-refractivity contribution is 5.92. The Kier molecular flexibility index (Phi) is 4.63. The molecule has 1 saturated heterocycles. The Morgan fingerprint density at radius 2 is 2.19 bits per heavy atom. The van der Waals surface area contributed by atoms with E-state index in [1.807, 2.05) is 18.7 Å². The van der Waals surface area contributed by atoms with E-state index in [4.69, 9.17) is 0 Å². The van der Waals surface area contributed by atoms with Gasteiger partial charge in [-0.05, 0) is 27.7 Å². The Labute approximate surface area is 125 Å². The Morgan fingerprint density at radius 3 is 2.71 bits per heavy atom. The molecule has 7 nitrogen and oxygen atoms in total. The van der Waals surface area contributed by atoms with E-state index in [1.165, 1.54) is 11.0 Å². The fourth-order valence-corrected chi connectivity index (χ4v) is 2.72. The summed E-state index contributed by atoms with van der Waals surface area (Å²) in [5.74, 6) is -0.0647. The van der Waals surface area contributed by atoms with Crippen LogP contribution in [-0.2, 0) is 6.54 Å². The van der Waals surface area contributed by atoms with Crippen molar-refractivity contribution in [2.75, 3.05) is 26.2 Å². The maximum absolute atomic E-state index is 12.5. The van der Waals surface area contributed by atoms with Crippen LogP contribution in [0.2, 0.25) is 0 Å². The van der Waals surface area contributed by atoms with E-state index >= 15 is 0 Å². The van der Waals surface area contributed by atoms with Crippen molar-refractivity contribution in [3.63, 3.8) is 0 Å². The van der Waals surface area contributed by atoms with Gasteiger partial charge in [0, 0.05) is 32.2 Å². The number of carbonyl (C=O) groups is 1. The van der Waals surface area contributed by atoms with Crippen LogP contribution in [0.4, 0.5) is 0 Å². The molecule has 1 N–H and O–H groups in total. The Morgan fingerprint density at radius 1 is 1.48 bits per heavy atom.